The highest BCUT2D eigenvalue weighted by Gasteiger charge is 2.33. The van der Waals surface area contributed by atoms with Crippen LogP contribution in [0, 0.1) is 5.82 Å². The fourth-order valence-corrected chi connectivity index (χ4v) is 4.33. The lowest BCUT2D eigenvalue weighted by Gasteiger charge is -2.34. The first kappa shape index (κ1) is 15.9. The molecule has 1 heterocycles. The van der Waals surface area contributed by atoms with Crippen molar-refractivity contribution in [2.75, 3.05) is 6.54 Å². The molecule has 1 fully saturated rings. The molecule has 1 aromatic carbocycles. The van der Waals surface area contributed by atoms with E-state index < -0.39 is 21.8 Å². The largest absolute Gasteiger partial charge is 0.481 e. The molecular weight excluding hydrogens is 297 g/mol. The number of hydrogen-bond donors (Lipinski definition) is 1. The Bertz CT molecular complexity index is 600. The number of aliphatic carboxylic acids is 1. The number of piperidine rings is 1. The molecule has 21 heavy (non-hydrogen) atoms. The van der Waals surface area contributed by atoms with Crippen molar-refractivity contribution in [3.05, 3.63) is 30.1 Å². The number of halogens is 1. The Morgan fingerprint density at radius 3 is 2.57 bits per heavy atom. The number of rotatable bonds is 5. The van der Waals surface area contributed by atoms with E-state index in [4.69, 9.17) is 5.11 Å². The molecule has 0 saturated carbocycles. The smallest absolute Gasteiger partial charge is 0.303 e. The molecule has 0 amide bonds. The van der Waals surface area contributed by atoms with Gasteiger partial charge in [-0.25, -0.2) is 12.8 Å². The fourth-order valence-electron chi connectivity index (χ4n) is 2.61. The van der Waals surface area contributed by atoms with Crippen LogP contribution in [0.25, 0.3) is 0 Å². The van der Waals surface area contributed by atoms with Crippen LogP contribution in [-0.4, -0.2) is 36.4 Å². The first-order valence-electron chi connectivity index (χ1n) is 6.90. The molecule has 1 N–H and O–H groups in total. The van der Waals surface area contributed by atoms with Gasteiger partial charge in [0, 0.05) is 19.0 Å². The molecule has 2 rings (SSSR count). The molecule has 1 atom stereocenters. The van der Waals surface area contributed by atoms with Gasteiger partial charge in [-0.1, -0.05) is 6.42 Å². The molecule has 0 spiro atoms. The lowest BCUT2D eigenvalue weighted by Crippen LogP contribution is -2.43. The molecule has 0 bridgehead atoms. The highest BCUT2D eigenvalue weighted by atomic mass is 32.2. The Kier molecular flexibility index (Phi) is 4.95. The van der Waals surface area contributed by atoms with Crippen LogP contribution in [-0.2, 0) is 14.8 Å². The van der Waals surface area contributed by atoms with E-state index in [9.17, 15) is 17.6 Å². The predicted molar refractivity (Wildman–Crippen MR) is 74.8 cm³/mol. The van der Waals surface area contributed by atoms with Crippen LogP contribution in [0.15, 0.2) is 29.2 Å². The Hall–Kier alpha value is -1.47. The highest BCUT2D eigenvalue weighted by molar-refractivity contribution is 7.89. The standard InChI is InChI=1S/C14H18FNO4S/c15-11-4-7-13(8-5-11)21(19,20)16-10-2-1-3-12(16)6-9-14(17)18/h4-5,7-8,12H,1-3,6,9-10H2,(H,17,18). The predicted octanol–water partition coefficient (Wildman–Crippen LogP) is 2.23. The molecule has 1 aromatic rings. The zero-order valence-corrected chi connectivity index (χ0v) is 12.4. The number of carboxylic acid groups (broad SMARTS) is 1. The van der Waals surface area contributed by atoms with Gasteiger partial charge in [-0.15, -0.1) is 0 Å². The SMILES string of the molecule is O=C(O)CCC1CCCCN1S(=O)(=O)c1ccc(F)cc1. The van der Waals surface area contributed by atoms with Gasteiger partial charge in [0.25, 0.3) is 0 Å². The highest BCUT2D eigenvalue weighted by Crippen LogP contribution is 2.27. The maximum Gasteiger partial charge on any atom is 0.303 e. The monoisotopic (exact) mass is 315 g/mol. The molecule has 0 aromatic heterocycles. The summed E-state index contributed by atoms with van der Waals surface area (Å²) in [5.41, 5.74) is 0. The van der Waals surface area contributed by atoms with E-state index in [2.05, 4.69) is 0 Å². The van der Waals surface area contributed by atoms with Crippen LogP contribution in [0.4, 0.5) is 4.39 Å². The summed E-state index contributed by atoms with van der Waals surface area (Å²) in [5.74, 6) is -1.42. The third-order valence-electron chi connectivity index (χ3n) is 3.68. The van der Waals surface area contributed by atoms with Crippen LogP contribution in [0.1, 0.15) is 32.1 Å². The molecule has 1 aliphatic heterocycles. The van der Waals surface area contributed by atoms with Crippen molar-refractivity contribution >= 4 is 16.0 Å². The Morgan fingerprint density at radius 1 is 1.29 bits per heavy atom. The average Bonchev–Trinajstić information content (AvgIpc) is 2.46. The molecule has 116 valence electrons. The van der Waals surface area contributed by atoms with E-state index in [1.807, 2.05) is 0 Å². The van der Waals surface area contributed by atoms with E-state index in [0.717, 1.165) is 25.0 Å². The minimum atomic E-state index is -3.70. The second-order valence-electron chi connectivity index (χ2n) is 5.15. The van der Waals surface area contributed by atoms with E-state index >= 15 is 0 Å². The van der Waals surface area contributed by atoms with Gasteiger partial charge in [-0.05, 0) is 43.5 Å². The summed E-state index contributed by atoms with van der Waals surface area (Å²) in [6.45, 7) is 0.379. The van der Waals surface area contributed by atoms with Crippen molar-refractivity contribution in [2.24, 2.45) is 0 Å². The summed E-state index contributed by atoms with van der Waals surface area (Å²) >= 11 is 0. The van der Waals surface area contributed by atoms with Gasteiger partial charge in [0.1, 0.15) is 5.82 Å². The topological polar surface area (TPSA) is 74.7 Å². The van der Waals surface area contributed by atoms with Gasteiger partial charge in [-0.2, -0.15) is 4.31 Å². The maximum atomic E-state index is 12.9. The van der Waals surface area contributed by atoms with Crippen molar-refractivity contribution in [2.45, 2.75) is 43.0 Å². The normalized spacial score (nSPS) is 20.3. The van der Waals surface area contributed by atoms with Crippen molar-refractivity contribution in [3.63, 3.8) is 0 Å². The number of benzene rings is 1. The van der Waals surface area contributed by atoms with Crippen LogP contribution >= 0.6 is 0 Å². The number of hydrogen-bond acceptors (Lipinski definition) is 3. The third-order valence-corrected chi connectivity index (χ3v) is 5.65. The summed E-state index contributed by atoms with van der Waals surface area (Å²) < 4.78 is 39.5. The van der Waals surface area contributed by atoms with E-state index in [-0.39, 0.29) is 17.4 Å². The zero-order valence-electron chi connectivity index (χ0n) is 11.5. The number of carboxylic acids is 1. The number of carbonyl (C=O) groups is 1. The second-order valence-corrected chi connectivity index (χ2v) is 7.04. The van der Waals surface area contributed by atoms with E-state index in [1.54, 1.807) is 0 Å². The minimum absolute atomic E-state index is 0.0473. The first-order chi connectivity index (χ1) is 9.91. The Balaban J connectivity index is 2.22. The van der Waals surface area contributed by atoms with Crippen LogP contribution in [0.3, 0.4) is 0 Å². The van der Waals surface area contributed by atoms with Crippen LogP contribution in [0.5, 0.6) is 0 Å². The van der Waals surface area contributed by atoms with E-state index in [1.165, 1.54) is 16.4 Å². The minimum Gasteiger partial charge on any atom is -0.481 e. The van der Waals surface area contributed by atoms with Gasteiger partial charge < -0.3 is 5.11 Å². The van der Waals surface area contributed by atoms with Gasteiger partial charge in [0.05, 0.1) is 4.90 Å². The second kappa shape index (κ2) is 6.53. The first-order valence-corrected chi connectivity index (χ1v) is 8.34. The molecule has 1 saturated heterocycles. The average molecular weight is 315 g/mol. The summed E-state index contributed by atoms with van der Waals surface area (Å²) in [5, 5.41) is 8.77. The van der Waals surface area contributed by atoms with Gasteiger partial charge in [-0.3, -0.25) is 4.79 Å². The lowest BCUT2D eigenvalue weighted by molar-refractivity contribution is -0.137. The van der Waals surface area contributed by atoms with Crippen molar-refractivity contribution < 1.29 is 22.7 Å². The summed E-state index contributed by atoms with van der Waals surface area (Å²) in [6, 6.07) is 4.41. The lowest BCUT2D eigenvalue weighted by atomic mass is 10.0. The van der Waals surface area contributed by atoms with Crippen LogP contribution < -0.4 is 0 Å². The third kappa shape index (κ3) is 3.79. The van der Waals surface area contributed by atoms with Crippen molar-refractivity contribution in [1.82, 2.24) is 4.31 Å². The quantitative estimate of drug-likeness (QED) is 0.904. The van der Waals surface area contributed by atoms with Crippen LogP contribution in [0.2, 0.25) is 0 Å². The molecule has 1 aliphatic rings. The maximum absolute atomic E-state index is 12.9. The molecule has 1 unspecified atom stereocenters. The van der Waals surface area contributed by atoms with Crippen molar-refractivity contribution in [3.8, 4) is 0 Å². The van der Waals surface area contributed by atoms with Gasteiger partial charge >= 0.3 is 5.97 Å². The van der Waals surface area contributed by atoms with E-state index in [0.29, 0.717) is 19.4 Å². The summed E-state index contributed by atoms with van der Waals surface area (Å²) in [7, 11) is -3.70. The molecular formula is C14H18FNO4S. The fraction of sp³-hybridized carbons (Fsp3) is 0.500. The molecule has 0 aliphatic carbocycles. The number of sulfonamides is 1. The van der Waals surface area contributed by atoms with Gasteiger partial charge in [0.15, 0.2) is 0 Å². The molecule has 0 radical (unpaired) electrons. The Labute approximate surface area is 123 Å². The molecule has 7 heteroatoms. The molecule has 5 nitrogen and oxygen atoms in total. The summed E-state index contributed by atoms with van der Waals surface area (Å²) in [6.07, 6.45) is 2.55. The summed E-state index contributed by atoms with van der Waals surface area (Å²) in [4.78, 5) is 10.7. The Morgan fingerprint density at radius 2 is 1.95 bits per heavy atom. The van der Waals surface area contributed by atoms with Crippen molar-refractivity contribution in [1.29, 1.82) is 0 Å². The van der Waals surface area contributed by atoms with Gasteiger partial charge in [0.2, 0.25) is 10.0 Å². The zero-order chi connectivity index (χ0) is 15.5. The number of nitrogens with zero attached hydrogens (tertiary/aromatic N) is 1.